The number of carboxylic acid groups (broad SMARTS) is 1. The van der Waals surface area contributed by atoms with Gasteiger partial charge in [-0.15, -0.1) is 0 Å². The average Bonchev–Trinajstić information content (AvgIpc) is 2.88. The molecule has 0 aromatic heterocycles. The van der Waals surface area contributed by atoms with E-state index in [1.807, 2.05) is 11.9 Å². The average molecular weight is 255 g/mol. The van der Waals surface area contributed by atoms with Gasteiger partial charge in [0.15, 0.2) is 0 Å². The first kappa shape index (κ1) is 13.3. The number of nitrogens with zero attached hydrogens (tertiary/aromatic N) is 1. The molecular formula is C13H21NO4. The van der Waals surface area contributed by atoms with E-state index >= 15 is 0 Å². The number of amides is 1. The molecule has 1 aliphatic heterocycles. The summed E-state index contributed by atoms with van der Waals surface area (Å²) >= 11 is 0. The Kier molecular flexibility index (Phi) is 4.22. The van der Waals surface area contributed by atoms with Gasteiger partial charge in [0.2, 0.25) is 5.91 Å². The van der Waals surface area contributed by atoms with Crippen molar-refractivity contribution in [3.63, 3.8) is 0 Å². The van der Waals surface area contributed by atoms with E-state index in [9.17, 15) is 9.59 Å². The van der Waals surface area contributed by atoms with Gasteiger partial charge in [0.1, 0.15) is 0 Å². The third-order valence-corrected chi connectivity index (χ3v) is 4.22. The highest BCUT2D eigenvalue weighted by atomic mass is 16.5. The first-order valence-electron chi connectivity index (χ1n) is 6.67. The predicted molar refractivity (Wildman–Crippen MR) is 65.1 cm³/mol. The maximum atomic E-state index is 12.3. The van der Waals surface area contributed by atoms with E-state index in [1.54, 1.807) is 0 Å². The minimum Gasteiger partial charge on any atom is -0.481 e. The van der Waals surface area contributed by atoms with Gasteiger partial charge in [0.05, 0.1) is 5.92 Å². The molecular weight excluding hydrogens is 234 g/mol. The van der Waals surface area contributed by atoms with Crippen LogP contribution in [-0.2, 0) is 14.3 Å². The van der Waals surface area contributed by atoms with E-state index in [0.29, 0.717) is 32.5 Å². The Balaban J connectivity index is 1.89. The molecule has 0 aromatic rings. The van der Waals surface area contributed by atoms with Crippen molar-refractivity contribution < 1.29 is 19.4 Å². The molecule has 102 valence electrons. The summed E-state index contributed by atoms with van der Waals surface area (Å²) in [7, 11) is 1.84. The van der Waals surface area contributed by atoms with Crippen LogP contribution in [0, 0.1) is 11.8 Å². The van der Waals surface area contributed by atoms with E-state index < -0.39 is 5.97 Å². The Hall–Kier alpha value is -1.10. The molecule has 0 aromatic carbocycles. The van der Waals surface area contributed by atoms with Crippen molar-refractivity contribution >= 4 is 11.9 Å². The van der Waals surface area contributed by atoms with E-state index in [-0.39, 0.29) is 23.8 Å². The molecule has 1 amide bonds. The van der Waals surface area contributed by atoms with Crippen LogP contribution in [-0.4, -0.2) is 48.2 Å². The number of ether oxygens (including phenoxy) is 1. The molecule has 2 aliphatic rings. The summed E-state index contributed by atoms with van der Waals surface area (Å²) in [6.07, 6.45) is 3.62. The predicted octanol–water partition coefficient (Wildman–Crippen LogP) is 1.12. The second-order valence-electron chi connectivity index (χ2n) is 5.34. The first-order chi connectivity index (χ1) is 8.59. The molecule has 18 heavy (non-hydrogen) atoms. The van der Waals surface area contributed by atoms with E-state index in [2.05, 4.69) is 0 Å². The lowest BCUT2D eigenvalue weighted by Crippen LogP contribution is -2.43. The Bertz CT molecular complexity index is 325. The molecule has 1 aliphatic carbocycles. The number of hydrogen-bond acceptors (Lipinski definition) is 3. The van der Waals surface area contributed by atoms with Crippen LogP contribution in [0.5, 0.6) is 0 Å². The Labute approximate surface area is 107 Å². The van der Waals surface area contributed by atoms with Gasteiger partial charge in [0.25, 0.3) is 0 Å². The highest BCUT2D eigenvalue weighted by Gasteiger charge is 2.36. The summed E-state index contributed by atoms with van der Waals surface area (Å²) in [4.78, 5) is 25.0. The SMILES string of the molecule is CN(C(=O)[C@@H]1CC[C@H](C(=O)O)C1)C1CCOCC1. The number of rotatable bonds is 3. The quantitative estimate of drug-likeness (QED) is 0.820. The zero-order valence-electron chi connectivity index (χ0n) is 10.8. The summed E-state index contributed by atoms with van der Waals surface area (Å²) in [6.45, 7) is 1.43. The van der Waals surface area contributed by atoms with Crippen LogP contribution in [0.15, 0.2) is 0 Å². The van der Waals surface area contributed by atoms with E-state index in [0.717, 1.165) is 12.8 Å². The standard InChI is InChI=1S/C13H21NO4/c1-14(11-4-6-18-7-5-11)12(15)9-2-3-10(8-9)13(16)17/h9-11H,2-8H2,1H3,(H,16,17)/t9-,10+/m1/s1. The van der Waals surface area contributed by atoms with Gasteiger partial charge in [-0.2, -0.15) is 0 Å². The van der Waals surface area contributed by atoms with Gasteiger partial charge < -0.3 is 14.7 Å². The molecule has 1 saturated carbocycles. The lowest BCUT2D eigenvalue weighted by molar-refractivity contribution is -0.142. The second kappa shape index (κ2) is 5.69. The summed E-state index contributed by atoms with van der Waals surface area (Å²) in [6, 6.07) is 0.259. The third-order valence-electron chi connectivity index (χ3n) is 4.22. The fourth-order valence-electron chi connectivity index (χ4n) is 2.97. The van der Waals surface area contributed by atoms with Gasteiger partial charge in [0, 0.05) is 32.2 Å². The molecule has 1 N–H and O–H groups in total. The summed E-state index contributed by atoms with van der Waals surface area (Å²) < 4.78 is 5.29. The maximum absolute atomic E-state index is 12.3. The highest BCUT2D eigenvalue weighted by molar-refractivity contribution is 5.81. The van der Waals surface area contributed by atoms with Crippen molar-refractivity contribution in [3.05, 3.63) is 0 Å². The van der Waals surface area contributed by atoms with Gasteiger partial charge in [-0.1, -0.05) is 0 Å². The number of hydrogen-bond donors (Lipinski definition) is 1. The van der Waals surface area contributed by atoms with Gasteiger partial charge in [-0.05, 0) is 32.1 Å². The van der Waals surface area contributed by atoms with E-state index in [1.165, 1.54) is 0 Å². The largest absolute Gasteiger partial charge is 0.481 e. The number of carbonyl (C=O) groups is 2. The minimum absolute atomic E-state index is 0.0982. The lowest BCUT2D eigenvalue weighted by Gasteiger charge is -2.32. The van der Waals surface area contributed by atoms with Crippen LogP contribution < -0.4 is 0 Å². The molecule has 1 heterocycles. The number of carboxylic acids is 1. The van der Waals surface area contributed by atoms with Crippen LogP contribution in [0.2, 0.25) is 0 Å². The molecule has 2 rings (SSSR count). The van der Waals surface area contributed by atoms with Crippen molar-refractivity contribution in [2.24, 2.45) is 11.8 Å². The number of aliphatic carboxylic acids is 1. The van der Waals surface area contributed by atoms with Crippen LogP contribution in [0.3, 0.4) is 0 Å². The van der Waals surface area contributed by atoms with Crippen molar-refractivity contribution in [2.45, 2.75) is 38.1 Å². The molecule has 1 saturated heterocycles. The van der Waals surface area contributed by atoms with Crippen molar-refractivity contribution in [1.29, 1.82) is 0 Å². The molecule has 0 radical (unpaired) electrons. The van der Waals surface area contributed by atoms with Crippen LogP contribution in [0.4, 0.5) is 0 Å². The molecule has 0 bridgehead atoms. The number of carbonyl (C=O) groups excluding carboxylic acids is 1. The van der Waals surface area contributed by atoms with Crippen molar-refractivity contribution in [3.8, 4) is 0 Å². The highest BCUT2D eigenvalue weighted by Crippen LogP contribution is 2.33. The Morgan fingerprint density at radius 1 is 1.11 bits per heavy atom. The third kappa shape index (κ3) is 2.83. The van der Waals surface area contributed by atoms with Gasteiger partial charge in [-0.25, -0.2) is 0 Å². The van der Waals surface area contributed by atoms with Gasteiger partial charge >= 0.3 is 5.97 Å². The minimum atomic E-state index is -0.765. The first-order valence-corrected chi connectivity index (χ1v) is 6.67. The zero-order chi connectivity index (χ0) is 13.1. The van der Waals surface area contributed by atoms with Crippen LogP contribution >= 0.6 is 0 Å². The molecule has 2 atom stereocenters. The monoisotopic (exact) mass is 255 g/mol. The lowest BCUT2D eigenvalue weighted by atomic mass is 10.0. The molecule has 2 fully saturated rings. The summed E-state index contributed by atoms with van der Waals surface area (Å²) in [5, 5.41) is 8.96. The van der Waals surface area contributed by atoms with Crippen molar-refractivity contribution in [2.75, 3.05) is 20.3 Å². The molecule has 0 unspecified atom stereocenters. The molecule has 5 nitrogen and oxygen atoms in total. The fourth-order valence-corrected chi connectivity index (χ4v) is 2.97. The smallest absolute Gasteiger partial charge is 0.306 e. The second-order valence-corrected chi connectivity index (χ2v) is 5.34. The van der Waals surface area contributed by atoms with Crippen LogP contribution in [0.25, 0.3) is 0 Å². The van der Waals surface area contributed by atoms with Gasteiger partial charge in [-0.3, -0.25) is 9.59 Å². The van der Waals surface area contributed by atoms with E-state index in [4.69, 9.17) is 9.84 Å². The Morgan fingerprint density at radius 2 is 1.72 bits per heavy atom. The molecule has 5 heteroatoms. The Morgan fingerprint density at radius 3 is 2.28 bits per heavy atom. The zero-order valence-corrected chi connectivity index (χ0v) is 10.8. The topological polar surface area (TPSA) is 66.8 Å². The molecule has 0 spiro atoms. The fraction of sp³-hybridized carbons (Fsp3) is 0.846. The van der Waals surface area contributed by atoms with Crippen LogP contribution in [0.1, 0.15) is 32.1 Å². The summed E-state index contributed by atoms with van der Waals surface area (Å²) in [5.41, 5.74) is 0. The van der Waals surface area contributed by atoms with Crippen molar-refractivity contribution in [1.82, 2.24) is 4.90 Å². The maximum Gasteiger partial charge on any atom is 0.306 e. The summed E-state index contributed by atoms with van der Waals surface area (Å²) in [5.74, 6) is -1.08. The normalized spacial score (nSPS) is 29.2.